The Morgan fingerprint density at radius 3 is 1.74 bits per heavy atom. The standard InChI is InChI=1S/C51H42N2O/c1-5-35-18-19-39(33-47(35)50-44-13-7-6-12-38(44)28-31-53(50)3)36-20-24-41(25-21-36)51(48-16-10-8-14-45(48)46-15-9-11-17-49(46)51)42-26-22-37(23-27-42)40-29-30-52(2)43(32-40)34-54-4/h5-33H,1,34H2,2-4H3/q+2. The Morgan fingerprint density at radius 1 is 0.556 bits per heavy atom. The summed E-state index contributed by atoms with van der Waals surface area (Å²) < 4.78 is 9.82. The zero-order valence-electron chi connectivity index (χ0n) is 31.0. The lowest BCUT2D eigenvalue weighted by Crippen LogP contribution is -2.33. The van der Waals surface area contributed by atoms with Crippen molar-refractivity contribution in [2.24, 2.45) is 14.1 Å². The van der Waals surface area contributed by atoms with Crippen molar-refractivity contribution in [3.8, 4) is 44.6 Å². The highest BCUT2D eigenvalue weighted by atomic mass is 16.5. The molecule has 0 radical (unpaired) electrons. The number of methoxy groups -OCH3 is 1. The SMILES string of the molecule is C=Cc1ccc(-c2ccc(C3(c4ccc(-c5cc[n+](C)c(COC)c5)cc4)c4ccccc4-c4ccccc43)cc2)cc1-c1c2ccccc2cc[n+]1C. The number of nitrogens with zero attached hydrogens (tertiary/aromatic N) is 2. The molecule has 260 valence electrons. The van der Waals surface area contributed by atoms with Gasteiger partial charge in [-0.15, -0.1) is 0 Å². The fraction of sp³-hybridized carbons (Fsp3) is 0.0980. The second-order valence-corrected chi connectivity index (χ2v) is 14.3. The number of aryl methyl sites for hydroxylation is 2. The van der Waals surface area contributed by atoms with Crippen molar-refractivity contribution < 1.29 is 13.9 Å². The highest BCUT2D eigenvalue weighted by molar-refractivity contribution is 5.95. The van der Waals surface area contributed by atoms with E-state index in [1.165, 1.54) is 77.7 Å². The molecular weight excluding hydrogens is 657 g/mol. The summed E-state index contributed by atoms with van der Waals surface area (Å²) in [7, 11) is 5.93. The summed E-state index contributed by atoms with van der Waals surface area (Å²) in [5, 5.41) is 2.45. The fourth-order valence-corrected chi connectivity index (χ4v) is 8.71. The lowest BCUT2D eigenvalue weighted by Gasteiger charge is -2.34. The molecule has 0 N–H and O–H groups in total. The maximum atomic E-state index is 5.48. The molecule has 2 aromatic heterocycles. The molecule has 0 aliphatic heterocycles. The number of rotatable bonds is 8. The van der Waals surface area contributed by atoms with Gasteiger partial charge in [0.2, 0.25) is 11.4 Å². The molecule has 0 bridgehead atoms. The van der Waals surface area contributed by atoms with Crippen LogP contribution in [0.25, 0.3) is 61.5 Å². The molecule has 3 heteroatoms. The largest absolute Gasteiger partial charge is 0.374 e. The molecule has 0 spiro atoms. The minimum atomic E-state index is -0.483. The summed E-state index contributed by atoms with van der Waals surface area (Å²) in [6, 6.07) is 58.3. The first kappa shape index (κ1) is 33.4. The van der Waals surface area contributed by atoms with E-state index >= 15 is 0 Å². The van der Waals surface area contributed by atoms with E-state index in [1.54, 1.807) is 7.11 Å². The molecule has 0 saturated carbocycles. The van der Waals surface area contributed by atoms with Crippen LogP contribution in [0.2, 0.25) is 0 Å². The van der Waals surface area contributed by atoms with Gasteiger partial charge >= 0.3 is 0 Å². The van der Waals surface area contributed by atoms with Gasteiger partial charge in [-0.1, -0.05) is 140 Å². The lowest BCUT2D eigenvalue weighted by molar-refractivity contribution is -0.681. The summed E-state index contributed by atoms with van der Waals surface area (Å²) in [6.45, 7) is 4.75. The first-order valence-electron chi connectivity index (χ1n) is 18.5. The maximum absolute atomic E-state index is 5.48. The van der Waals surface area contributed by atoms with Gasteiger partial charge in [0.05, 0.1) is 16.4 Å². The predicted octanol–water partition coefficient (Wildman–Crippen LogP) is 10.6. The fourth-order valence-electron chi connectivity index (χ4n) is 8.71. The minimum absolute atomic E-state index is 0.483. The Hall–Kier alpha value is -6.42. The quantitative estimate of drug-likeness (QED) is 0.144. The average Bonchev–Trinajstić information content (AvgIpc) is 3.53. The van der Waals surface area contributed by atoms with E-state index in [0.29, 0.717) is 6.61 Å². The molecule has 2 heterocycles. The lowest BCUT2D eigenvalue weighted by atomic mass is 9.67. The Bertz CT molecular complexity index is 2660. The normalized spacial score (nSPS) is 12.7. The zero-order chi connectivity index (χ0) is 36.8. The van der Waals surface area contributed by atoms with E-state index in [9.17, 15) is 0 Å². The third kappa shape index (κ3) is 5.31. The Kier molecular flexibility index (Phi) is 8.37. The molecular formula is C51H42N2O+2. The topological polar surface area (TPSA) is 17.0 Å². The Labute approximate surface area is 317 Å². The highest BCUT2D eigenvalue weighted by Gasteiger charge is 2.45. The van der Waals surface area contributed by atoms with E-state index in [4.69, 9.17) is 4.74 Å². The van der Waals surface area contributed by atoms with Gasteiger partial charge < -0.3 is 4.74 Å². The minimum Gasteiger partial charge on any atom is -0.374 e. The molecule has 0 amide bonds. The predicted molar refractivity (Wildman–Crippen MR) is 221 cm³/mol. The molecule has 0 unspecified atom stereocenters. The number of pyridine rings is 2. The summed E-state index contributed by atoms with van der Waals surface area (Å²) >= 11 is 0. The van der Waals surface area contributed by atoms with Gasteiger partial charge in [0.25, 0.3) is 0 Å². The zero-order valence-corrected chi connectivity index (χ0v) is 31.0. The number of aromatic nitrogens is 2. The molecule has 3 nitrogen and oxygen atoms in total. The van der Waals surface area contributed by atoms with Crippen molar-refractivity contribution in [2.45, 2.75) is 12.0 Å². The second kappa shape index (κ2) is 13.5. The molecule has 8 aromatic rings. The molecule has 1 aliphatic carbocycles. The van der Waals surface area contributed by atoms with Crippen LogP contribution in [0.15, 0.2) is 177 Å². The number of ether oxygens (including phenoxy) is 1. The molecule has 0 saturated heterocycles. The monoisotopic (exact) mass is 698 g/mol. The Morgan fingerprint density at radius 2 is 1.11 bits per heavy atom. The van der Waals surface area contributed by atoms with E-state index in [0.717, 1.165) is 11.3 Å². The van der Waals surface area contributed by atoms with E-state index in [-0.39, 0.29) is 0 Å². The third-order valence-electron chi connectivity index (χ3n) is 11.4. The number of benzene rings is 6. The van der Waals surface area contributed by atoms with E-state index < -0.39 is 5.41 Å². The third-order valence-corrected chi connectivity index (χ3v) is 11.4. The van der Waals surface area contributed by atoms with Gasteiger partial charge in [-0.2, -0.15) is 0 Å². The van der Waals surface area contributed by atoms with Gasteiger partial charge in [0.1, 0.15) is 20.7 Å². The first-order valence-corrected chi connectivity index (χ1v) is 18.5. The Balaban J connectivity index is 1.19. The van der Waals surface area contributed by atoms with E-state index in [2.05, 4.69) is 200 Å². The smallest absolute Gasteiger partial charge is 0.220 e. The summed E-state index contributed by atoms with van der Waals surface area (Å²) in [4.78, 5) is 0. The van der Waals surface area contributed by atoms with E-state index in [1.807, 2.05) is 6.08 Å². The van der Waals surface area contributed by atoms with Gasteiger partial charge in [-0.25, -0.2) is 9.13 Å². The number of hydrogen-bond acceptors (Lipinski definition) is 1. The number of fused-ring (bicyclic) bond motifs is 4. The van der Waals surface area contributed by atoms with Crippen LogP contribution in [0.4, 0.5) is 0 Å². The summed E-state index contributed by atoms with van der Waals surface area (Å²) in [5.74, 6) is 0. The molecule has 54 heavy (non-hydrogen) atoms. The van der Waals surface area contributed by atoms with Crippen molar-refractivity contribution in [1.82, 2.24) is 0 Å². The van der Waals surface area contributed by atoms with Crippen LogP contribution in [0.3, 0.4) is 0 Å². The van der Waals surface area contributed by atoms with Gasteiger partial charge in [0.15, 0.2) is 12.4 Å². The van der Waals surface area contributed by atoms with Crippen LogP contribution in [0.5, 0.6) is 0 Å². The van der Waals surface area contributed by atoms with Gasteiger partial charge in [-0.05, 0) is 78.7 Å². The van der Waals surface area contributed by atoms with Crippen molar-refractivity contribution in [2.75, 3.05) is 7.11 Å². The molecule has 0 atom stereocenters. The van der Waals surface area contributed by atoms with Crippen LogP contribution in [0, 0.1) is 0 Å². The van der Waals surface area contributed by atoms with Crippen LogP contribution >= 0.6 is 0 Å². The van der Waals surface area contributed by atoms with Crippen molar-refractivity contribution in [3.63, 3.8) is 0 Å². The van der Waals surface area contributed by atoms with Crippen LogP contribution in [-0.4, -0.2) is 7.11 Å². The number of hydrogen-bond donors (Lipinski definition) is 0. The molecule has 1 aliphatic rings. The molecule has 0 fully saturated rings. The van der Waals surface area contributed by atoms with Crippen molar-refractivity contribution in [3.05, 3.63) is 210 Å². The molecule has 9 rings (SSSR count). The summed E-state index contributed by atoms with van der Waals surface area (Å²) in [5.41, 5.74) is 16.5. The van der Waals surface area contributed by atoms with Crippen molar-refractivity contribution >= 4 is 16.8 Å². The maximum Gasteiger partial charge on any atom is 0.220 e. The van der Waals surface area contributed by atoms with Gasteiger partial charge in [0, 0.05) is 25.3 Å². The van der Waals surface area contributed by atoms with Crippen LogP contribution in [-0.2, 0) is 30.9 Å². The first-order chi connectivity index (χ1) is 26.5. The average molecular weight is 699 g/mol. The highest BCUT2D eigenvalue weighted by Crippen LogP contribution is 2.56. The van der Waals surface area contributed by atoms with Crippen LogP contribution in [0.1, 0.15) is 33.5 Å². The van der Waals surface area contributed by atoms with Crippen molar-refractivity contribution in [1.29, 1.82) is 0 Å². The second-order valence-electron chi connectivity index (χ2n) is 14.3. The summed E-state index contributed by atoms with van der Waals surface area (Å²) in [6.07, 6.45) is 6.22. The van der Waals surface area contributed by atoms with Crippen LogP contribution < -0.4 is 9.13 Å². The van der Waals surface area contributed by atoms with Gasteiger partial charge in [-0.3, -0.25) is 0 Å². The molecule has 6 aromatic carbocycles.